The summed E-state index contributed by atoms with van der Waals surface area (Å²) in [6.45, 7) is 15.9. The van der Waals surface area contributed by atoms with Crippen LogP contribution >= 0.6 is 34.0 Å². The van der Waals surface area contributed by atoms with Crippen LogP contribution in [-0.4, -0.2) is 63.8 Å². The molecule has 8 nitrogen and oxygen atoms in total. The summed E-state index contributed by atoms with van der Waals surface area (Å²) in [6.07, 6.45) is 3.43. The summed E-state index contributed by atoms with van der Waals surface area (Å²) in [7, 11) is 0. The smallest absolute Gasteiger partial charge is 0.342 e. The lowest BCUT2D eigenvalue weighted by molar-refractivity contribution is 0.0481. The van der Waals surface area contributed by atoms with Crippen LogP contribution < -0.4 is 9.80 Å². The molecule has 0 spiro atoms. The van der Waals surface area contributed by atoms with Gasteiger partial charge in [-0.2, -0.15) is 0 Å². The van der Waals surface area contributed by atoms with Crippen molar-refractivity contribution in [2.75, 3.05) is 49.2 Å². The summed E-state index contributed by atoms with van der Waals surface area (Å²) in [5.74, 6) is -1.25. The molecule has 0 bridgehead atoms. The van der Waals surface area contributed by atoms with Gasteiger partial charge in [0.1, 0.15) is 21.1 Å². The third-order valence-corrected chi connectivity index (χ3v) is 8.99. The number of carbonyl (C=O) groups is 2. The maximum Gasteiger partial charge on any atom is 0.342 e. The van der Waals surface area contributed by atoms with Crippen molar-refractivity contribution in [3.8, 4) is 0 Å². The van der Waals surface area contributed by atoms with Crippen LogP contribution in [0, 0.1) is 0 Å². The summed E-state index contributed by atoms with van der Waals surface area (Å²) in [6, 6.07) is 8.12. The lowest BCUT2D eigenvalue weighted by Gasteiger charge is -2.17. The molecule has 3 aromatic rings. The van der Waals surface area contributed by atoms with E-state index in [2.05, 4.69) is 59.6 Å². The van der Waals surface area contributed by atoms with Crippen LogP contribution in [-0.2, 0) is 9.47 Å². The molecule has 0 unspecified atom stereocenters. The van der Waals surface area contributed by atoms with Crippen LogP contribution in [0.25, 0.3) is 0 Å². The molecule has 0 aromatic carbocycles. The zero-order valence-corrected chi connectivity index (χ0v) is 25.8. The largest absolute Gasteiger partial charge is 0.462 e. The maximum absolute atomic E-state index is 13.1. The van der Waals surface area contributed by atoms with Gasteiger partial charge in [-0.05, 0) is 65.8 Å². The zero-order chi connectivity index (χ0) is 28.4. The van der Waals surface area contributed by atoms with Crippen molar-refractivity contribution in [2.24, 2.45) is 9.98 Å². The van der Waals surface area contributed by atoms with Gasteiger partial charge >= 0.3 is 11.9 Å². The molecule has 0 aliphatic carbocycles. The Balaban J connectivity index is 2.05. The number of hydrogen-bond donors (Lipinski definition) is 0. The number of thiophene rings is 3. The topological polar surface area (TPSA) is 83.8 Å². The lowest BCUT2D eigenvalue weighted by Crippen LogP contribution is -2.20. The molecule has 3 heterocycles. The number of anilines is 2. The molecule has 0 radical (unpaired) electrons. The van der Waals surface area contributed by atoms with Crippen molar-refractivity contribution in [1.82, 2.24) is 0 Å². The molecule has 39 heavy (non-hydrogen) atoms. The van der Waals surface area contributed by atoms with E-state index in [-0.39, 0.29) is 24.3 Å². The Morgan fingerprint density at radius 2 is 1.05 bits per heavy atom. The van der Waals surface area contributed by atoms with Gasteiger partial charge in [-0.15, -0.1) is 22.7 Å². The molecule has 0 saturated heterocycles. The maximum atomic E-state index is 13.1. The van der Waals surface area contributed by atoms with Crippen molar-refractivity contribution >= 4 is 78.4 Å². The second-order valence-electron chi connectivity index (χ2n) is 8.12. The van der Waals surface area contributed by atoms with Crippen LogP contribution in [0.3, 0.4) is 0 Å². The second kappa shape index (κ2) is 14.9. The Morgan fingerprint density at radius 1 is 0.667 bits per heavy atom. The monoisotopic (exact) mass is 588 g/mol. The fraction of sp³-hybridized carbons (Fsp3) is 0.429. The highest BCUT2D eigenvalue weighted by molar-refractivity contribution is 7.21. The SMILES string of the molecule is CCOC(=O)c1c(/N=C/c2ccc(N(CC)CC)s2)sc(/N=C/c2ccc(N(CC)CC)s2)c1C(=O)OCC. The molecular formula is C28H36N4O4S3. The Morgan fingerprint density at radius 3 is 1.38 bits per heavy atom. The summed E-state index contributed by atoms with van der Waals surface area (Å²) in [4.78, 5) is 41.8. The molecule has 0 aliphatic rings. The Hall–Kier alpha value is -3.02. The number of hydrogen-bond acceptors (Lipinski definition) is 11. The highest BCUT2D eigenvalue weighted by Gasteiger charge is 2.30. The number of ether oxygens (including phenoxy) is 2. The first-order valence-electron chi connectivity index (χ1n) is 13.2. The van der Waals surface area contributed by atoms with E-state index >= 15 is 0 Å². The summed E-state index contributed by atoms with van der Waals surface area (Å²) >= 11 is 4.40. The van der Waals surface area contributed by atoms with Crippen molar-refractivity contribution in [2.45, 2.75) is 41.5 Å². The third kappa shape index (κ3) is 7.55. The molecule has 210 valence electrons. The average molecular weight is 589 g/mol. The minimum absolute atomic E-state index is 0.0826. The van der Waals surface area contributed by atoms with Crippen LogP contribution in [0.5, 0.6) is 0 Å². The number of nitrogens with zero attached hydrogens (tertiary/aromatic N) is 4. The first-order valence-corrected chi connectivity index (χ1v) is 15.6. The third-order valence-electron chi connectivity index (χ3n) is 5.82. The Labute approximate surface area is 242 Å². The number of aliphatic imine (C=N–C) groups is 2. The van der Waals surface area contributed by atoms with Gasteiger partial charge in [0.25, 0.3) is 0 Å². The molecule has 0 saturated carbocycles. The van der Waals surface area contributed by atoms with Gasteiger partial charge in [0.15, 0.2) is 0 Å². The van der Waals surface area contributed by atoms with E-state index in [0.29, 0.717) is 10.0 Å². The van der Waals surface area contributed by atoms with Crippen LogP contribution in [0.15, 0.2) is 34.3 Å². The van der Waals surface area contributed by atoms with E-state index in [0.717, 1.165) is 45.9 Å². The average Bonchev–Trinajstić information content (AvgIpc) is 3.67. The van der Waals surface area contributed by atoms with E-state index in [4.69, 9.17) is 9.47 Å². The van der Waals surface area contributed by atoms with Gasteiger partial charge in [-0.1, -0.05) is 11.3 Å². The van der Waals surface area contributed by atoms with Gasteiger partial charge in [0.2, 0.25) is 0 Å². The minimum Gasteiger partial charge on any atom is -0.462 e. The minimum atomic E-state index is -0.625. The van der Waals surface area contributed by atoms with Gasteiger partial charge in [0, 0.05) is 48.4 Å². The predicted octanol–water partition coefficient (Wildman–Crippen LogP) is 7.42. The van der Waals surface area contributed by atoms with Gasteiger partial charge in [-0.25, -0.2) is 19.6 Å². The fourth-order valence-electron chi connectivity index (χ4n) is 3.85. The van der Waals surface area contributed by atoms with Crippen molar-refractivity contribution in [1.29, 1.82) is 0 Å². The highest BCUT2D eigenvalue weighted by atomic mass is 32.1. The van der Waals surface area contributed by atoms with Crippen molar-refractivity contribution < 1.29 is 19.1 Å². The van der Waals surface area contributed by atoms with E-state index in [1.165, 1.54) is 11.3 Å². The van der Waals surface area contributed by atoms with Gasteiger partial charge in [-0.3, -0.25) is 0 Å². The molecular weight excluding hydrogens is 553 g/mol. The number of rotatable bonds is 14. The molecule has 0 fully saturated rings. The van der Waals surface area contributed by atoms with E-state index in [1.807, 2.05) is 12.1 Å². The molecule has 11 heteroatoms. The fourth-order valence-corrected chi connectivity index (χ4v) is 6.83. The van der Waals surface area contributed by atoms with Crippen molar-refractivity contribution in [3.05, 3.63) is 45.1 Å². The molecule has 3 rings (SSSR count). The molecule has 3 aromatic heterocycles. The highest BCUT2D eigenvalue weighted by Crippen LogP contribution is 2.43. The predicted molar refractivity (Wildman–Crippen MR) is 166 cm³/mol. The molecule has 0 amide bonds. The first kappa shape index (κ1) is 30.5. The quantitative estimate of drug-likeness (QED) is 0.144. The molecule has 0 N–H and O–H groups in total. The summed E-state index contributed by atoms with van der Waals surface area (Å²) in [5, 5.41) is 3.01. The van der Waals surface area contributed by atoms with Crippen molar-refractivity contribution in [3.63, 3.8) is 0 Å². The Bertz CT molecular complexity index is 1200. The number of esters is 2. The first-order chi connectivity index (χ1) is 18.9. The lowest BCUT2D eigenvalue weighted by atomic mass is 10.1. The normalized spacial score (nSPS) is 11.4. The molecule has 0 aliphatic heterocycles. The summed E-state index contributed by atoms with van der Waals surface area (Å²) < 4.78 is 10.6. The zero-order valence-electron chi connectivity index (χ0n) is 23.4. The van der Waals surface area contributed by atoms with Crippen LogP contribution in [0.4, 0.5) is 20.0 Å². The van der Waals surface area contributed by atoms with E-state index < -0.39 is 11.9 Å². The van der Waals surface area contributed by atoms with Crippen LogP contribution in [0.1, 0.15) is 72.0 Å². The summed E-state index contributed by atoms with van der Waals surface area (Å²) in [5.41, 5.74) is 0.165. The Kier molecular flexibility index (Phi) is 11.7. The number of carbonyl (C=O) groups excluding carboxylic acids is 2. The van der Waals surface area contributed by atoms with E-state index in [1.54, 1.807) is 49.0 Å². The van der Waals surface area contributed by atoms with Gasteiger partial charge < -0.3 is 19.3 Å². The second-order valence-corrected chi connectivity index (χ2v) is 11.3. The van der Waals surface area contributed by atoms with Crippen LogP contribution in [0.2, 0.25) is 0 Å². The van der Waals surface area contributed by atoms with E-state index in [9.17, 15) is 9.59 Å². The van der Waals surface area contributed by atoms with Gasteiger partial charge in [0.05, 0.1) is 23.2 Å². The molecule has 0 atom stereocenters. The standard InChI is InChI=1S/C28H36N4O4S3/c1-7-31(8-2)21-15-13-19(37-21)17-29-25-23(27(33)35-11-5)24(28(34)36-12-6)26(39-25)30-18-20-14-16-22(38-20)32(9-3)10-4/h13-18H,7-12H2,1-6H3/b29-17+,30-18+.